The van der Waals surface area contributed by atoms with E-state index in [0.717, 1.165) is 34.4 Å². The highest BCUT2D eigenvalue weighted by atomic mass is 32.2. The molecule has 4 rings (SSSR count). The number of rotatable bonds is 9. The maximum absolute atomic E-state index is 13.0. The van der Waals surface area contributed by atoms with Crippen LogP contribution in [0.1, 0.15) is 30.3 Å². The quantitative estimate of drug-likeness (QED) is 0.306. The molecule has 0 bridgehead atoms. The third-order valence-corrected chi connectivity index (χ3v) is 5.87. The van der Waals surface area contributed by atoms with Crippen molar-refractivity contribution in [3.05, 3.63) is 41.2 Å². The van der Waals surface area contributed by atoms with Crippen molar-refractivity contribution in [1.82, 2.24) is 29.1 Å². The number of carbonyl (C=O) groups is 1. The zero-order chi connectivity index (χ0) is 22.7. The molecule has 9 nitrogen and oxygen atoms in total. The summed E-state index contributed by atoms with van der Waals surface area (Å²) >= 11 is 1.46. The summed E-state index contributed by atoms with van der Waals surface area (Å²) in [5, 5.41) is 8.12. The van der Waals surface area contributed by atoms with Gasteiger partial charge in [0.15, 0.2) is 0 Å². The predicted molar refractivity (Wildman–Crippen MR) is 125 cm³/mol. The Morgan fingerprint density at radius 2 is 2.00 bits per heavy atom. The zero-order valence-corrected chi connectivity index (χ0v) is 19.6. The molecular formula is C22H27N7O2S. The van der Waals surface area contributed by atoms with Crippen molar-refractivity contribution < 1.29 is 9.53 Å². The molecule has 0 aliphatic heterocycles. The SMILES string of the molecule is CCOCCCn1c(NC(=O)Cc2c(C)nc3nc(SC)nn3c2C)nc2ccccc21. The minimum atomic E-state index is -0.149. The number of benzene rings is 1. The van der Waals surface area contributed by atoms with Gasteiger partial charge < -0.3 is 9.30 Å². The third-order valence-electron chi connectivity index (χ3n) is 5.33. The highest BCUT2D eigenvalue weighted by molar-refractivity contribution is 7.98. The standard InChI is InChI=1S/C22H27N7O2S/c1-5-31-12-8-11-28-18-10-7-6-9-17(18)24-20(28)25-19(30)13-16-14(2)23-21-26-22(32-4)27-29(21)15(16)3/h6-7,9-10H,5,8,11-13H2,1-4H3,(H,24,25,30). The van der Waals surface area contributed by atoms with E-state index in [-0.39, 0.29) is 12.3 Å². The molecule has 0 aliphatic carbocycles. The first-order valence-corrected chi connectivity index (χ1v) is 11.8. The smallest absolute Gasteiger partial charge is 0.253 e. The summed E-state index contributed by atoms with van der Waals surface area (Å²) in [7, 11) is 0. The van der Waals surface area contributed by atoms with Gasteiger partial charge in [-0.05, 0) is 45.6 Å². The third kappa shape index (κ3) is 4.46. The first-order valence-electron chi connectivity index (χ1n) is 10.6. The average molecular weight is 454 g/mol. The van der Waals surface area contributed by atoms with Gasteiger partial charge in [-0.15, -0.1) is 5.10 Å². The van der Waals surface area contributed by atoms with Crippen LogP contribution in [0.2, 0.25) is 0 Å². The summed E-state index contributed by atoms with van der Waals surface area (Å²) in [4.78, 5) is 26.6. The number of amides is 1. The van der Waals surface area contributed by atoms with Crippen molar-refractivity contribution in [3.63, 3.8) is 0 Å². The number of thioether (sulfide) groups is 1. The minimum Gasteiger partial charge on any atom is -0.382 e. The van der Waals surface area contributed by atoms with Crippen molar-refractivity contribution in [2.24, 2.45) is 0 Å². The van der Waals surface area contributed by atoms with Gasteiger partial charge in [0.25, 0.3) is 5.78 Å². The van der Waals surface area contributed by atoms with Gasteiger partial charge in [-0.2, -0.15) is 4.98 Å². The van der Waals surface area contributed by atoms with Crippen LogP contribution in [0.25, 0.3) is 16.8 Å². The number of anilines is 1. The Morgan fingerprint density at radius 1 is 1.19 bits per heavy atom. The summed E-state index contributed by atoms with van der Waals surface area (Å²) in [6.45, 7) is 7.87. The molecule has 0 aliphatic rings. The first kappa shape index (κ1) is 22.2. The fourth-order valence-electron chi connectivity index (χ4n) is 3.73. The van der Waals surface area contributed by atoms with Crippen LogP contribution in [0.5, 0.6) is 0 Å². The first-order chi connectivity index (χ1) is 15.5. The molecular weight excluding hydrogens is 426 g/mol. The molecule has 10 heteroatoms. The molecule has 0 radical (unpaired) electrons. The Labute approximate surface area is 190 Å². The van der Waals surface area contributed by atoms with Crippen LogP contribution in [-0.2, 0) is 22.5 Å². The molecule has 0 saturated heterocycles. The largest absolute Gasteiger partial charge is 0.382 e. The van der Waals surface area contributed by atoms with Crippen molar-refractivity contribution in [1.29, 1.82) is 0 Å². The monoisotopic (exact) mass is 453 g/mol. The number of hydrogen-bond acceptors (Lipinski definition) is 7. The van der Waals surface area contributed by atoms with Gasteiger partial charge in [0, 0.05) is 36.7 Å². The number of para-hydroxylation sites is 2. The van der Waals surface area contributed by atoms with Crippen molar-refractivity contribution >= 4 is 40.4 Å². The summed E-state index contributed by atoms with van der Waals surface area (Å²) in [5.74, 6) is 0.941. The summed E-state index contributed by atoms with van der Waals surface area (Å²) in [6, 6.07) is 7.88. The van der Waals surface area contributed by atoms with E-state index in [4.69, 9.17) is 4.74 Å². The lowest BCUT2D eigenvalue weighted by Crippen LogP contribution is -2.20. The van der Waals surface area contributed by atoms with Gasteiger partial charge in [-0.3, -0.25) is 10.1 Å². The molecule has 0 saturated carbocycles. The van der Waals surface area contributed by atoms with E-state index in [1.165, 1.54) is 11.8 Å². The van der Waals surface area contributed by atoms with Crippen LogP contribution in [0, 0.1) is 13.8 Å². The average Bonchev–Trinajstić information content (AvgIpc) is 3.35. The number of nitrogens with zero attached hydrogens (tertiary/aromatic N) is 6. The Morgan fingerprint density at radius 3 is 2.78 bits per heavy atom. The Balaban J connectivity index is 1.58. The molecule has 0 atom stereocenters. The van der Waals surface area contributed by atoms with E-state index in [1.807, 2.05) is 55.9 Å². The minimum absolute atomic E-state index is 0.149. The fourth-order valence-corrected chi connectivity index (χ4v) is 4.06. The molecule has 0 fully saturated rings. The number of aromatic nitrogens is 6. The number of carbonyl (C=O) groups excluding carboxylic acids is 1. The van der Waals surface area contributed by atoms with E-state index in [9.17, 15) is 4.79 Å². The molecule has 4 aromatic rings. The van der Waals surface area contributed by atoms with E-state index in [0.29, 0.717) is 36.6 Å². The molecule has 1 aromatic carbocycles. The molecule has 1 N–H and O–H groups in total. The predicted octanol–water partition coefficient (Wildman–Crippen LogP) is 3.42. The topological polar surface area (TPSA) is 99.2 Å². The lowest BCUT2D eigenvalue weighted by Gasteiger charge is -2.12. The van der Waals surface area contributed by atoms with E-state index in [2.05, 4.69) is 25.4 Å². The summed E-state index contributed by atoms with van der Waals surface area (Å²) in [5.41, 5.74) is 4.31. The fraction of sp³-hybridized carbons (Fsp3) is 0.409. The van der Waals surface area contributed by atoms with Crippen LogP contribution in [0.15, 0.2) is 29.4 Å². The van der Waals surface area contributed by atoms with E-state index >= 15 is 0 Å². The Kier molecular flexibility index (Phi) is 6.71. The second kappa shape index (κ2) is 9.66. The molecule has 1 amide bonds. The van der Waals surface area contributed by atoms with Gasteiger partial charge in [-0.1, -0.05) is 23.9 Å². The normalized spacial score (nSPS) is 11.5. The van der Waals surface area contributed by atoms with Gasteiger partial charge in [-0.25, -0.2) is 14.5 Å². The highest BCUT2D eigenvalue weighted by Crippen LogP contribution is 2.21. The molecule has 3 heterocycles. The van der Waals surface area contributed by atoms with Gasteiger partial charge in [0.05, 0.1) is 17.5 Å². The van der Waals surface area contributed by atoms with Gasteiger partial charge in [0.2, 0.25) is 17.0 Å². The Bertz CT molecular complexity index is 1260. The van der Waals surface area contributed by atoms with Crippen LogP contribution < -0.4 is 5.32 Å². The van der Waals surface area contributed by atoms with Crippen molar-refractivity contribution in [2.75, 3.05) is 24.8 Å². The van der Waals surface area contributed by atoms with Crippen LogP contribution in [0.3, 0.4) is 0 Å². The van der Waals surface area contributed by atoms with E-state index in [1.54, 1.807) is 4.52 Å². The maximum Gasteiger partial charge on any atom is 0.253 e. The number of ether oxygens (including phenoxy) is 1. The highest BCUT2D eigenvalue weighted by Gasteiger charge is 2.18. The number of imidazole rings is 1. The molecule has 0 spiro atoms. The lowest BCUT2D eigenvalue weighted by molar-refractivity contribution is -0.115. The second-order valence-electron chi connectivity index (χ2n) is 7.42. The molecule has 0 unspecified atom stereocenters. The maximum atomic E-state index is 13.0. The van der Waals surface area contributed by atoms with E-state index < -0.39 is 0 Å². The van der Waals surface area contributed by atoms with Crippen molar-refractivity contribution in [2.45, 2.75) is 45.3 Å². The van der Waals surface area contributed by atoms with Crippen LogP contribution in [-0.4, -0.2) is 54.5 Å². The zero-order valence-electron chi connectivity index (χ0n) is 18.8. The Hall–Kier alpha value is -2.98. The van der Waals surface area contributed by atoms with Gasteiger partial charge in [0.1, 0.15) is 0 Å². The lowest BCUT2D eigenvalue weighted by atomic mass is 10.1. The number of nitrogens with one attached hydrogen (secondary N) is 1. The molecule has 32 heavy (non-hydrogen) atoms. The molecule has 168 valence electrons. The molecule has 3 aromatic heterocycles. The number of fused-ring (bicyclic) bond motifs is 2. The number of hydrogen-bond donors (Lipinski definition) is 1. The summed E-state index contributed by atoms with van der Waals surface area (Å²) in [6.07, 6.45) is 2.93. The van der Waals surface area contributed by atoms with Gasteiger partial charge >= 0.3 is 0 Å². The van der Waals surface area contributed by atoms with Crippen molar-refractivity contribution in [3.8, 4) is 0 Å². The number of aryl methyl sites for hydroxylation is 3. The summed E-state index contributed by atoms with van der Waals surface area (Å²) < 4.78 is 9.21. The second-order valence-corrected chi connectivity index (χ2v) is 8.20. The van der Waals surface area contributed by atoms with Crippen LogP contribution >= 0.6 is 11.8 Å². The van der Waals surface area contributed by atoms with Crippen LogP contribution in [0.4, 0.5) is 5.95 Å².